The highest BCUT2D eigenvalue weighted by Gasteiger charge is 2.01. The predicted molar refractivity (Wildman–Crippen MR) is 77.5 cm³/mol. The molecule has 0 atom stereocenters. The Morgan fingerprint density at radius 3 is 2.89 bits per heavy atom. The van der Waals surface area contributed by atoms with Crippen molar-refractivity contribution in [3.05, 3.63) is 29.8 Å². The van der Waals surface area contributed by atoms with Gasteiger partial charge in [-0.05, 0) is 44.1 Å². The lowest BCUT2D eigenvalue weighted by atomic mass is 10.2. The highest BCUT2D eigenvalue weighted by Crippen LogP contribution is 2.12. The molecule has 0 radical (unpaired) electrons. The average Bonchev–Trinajstić information content (AvgIpc) is 2.38. The first-order valence-electron chi connectivity index (χ1n) is 6.89. The SMILES string of the molecule is CCNCCCNC(=O)CCOc1cccc(C)c1. The average molecular weight is 264 g/mol. The van der Waals surface area contributed by atoms with Crippen molar-refractivity contribution in [2.24, 2.45) is 0 Å². The van der Waals surface area contributed by atoms with Crippen LogP contribution in [-0.4, -0.2) is 32.1 Å². The third kappa shape index (κ3) is 7.47. The number of rotatable bonds is 9. The van der Waals surface area contributed by atoms with E-state index in [2.05, 4.69) is 17.6 Å². The van der Waals surface area contributed by atoms with E-state index in [0.717, 1.165) is 37.4 Å². The normalized spacial score (nSPS) is 10.2. The topological polar surface area (TPSA) is 50.4 Å². The lowest BCUT2D eigenvalue weighted by molar-refractivity contribution is -0.121. The van der Waals surface area contributed by atoms with Crippen LogP contribution in [-0.2, 0) is 4.79 Å². The third-order valence-corrected chi connectivity index (χ3v) is 2.69. The first-order chi connectivity index (χ1) is 9.22. The van der Waals surface area contributed by atoms with E-state index in [1.807, 2.05) is 31.2 Å². The molecule has 0 aromatic heterocycles. The summed E-state index contributed by atoms with van der Waals surface area (Å²) in [6, 6.07) is 7.84. The molecule has 1 amide bonds. The zero-order chi connectivity index (χ0) is 13.9. The highest BCUT2D eigenvalue weighted by atomic mass is 16.5. The molecule has 0 heterocycles. The van der Waals surface area contributed by atoms with Crippen LogP contribution in [0.1, 0.15) is 25.3 Å². The summed E-state index contributed by atoms with van der Waals surface area (Å²) >= 11 is 0. The number of aryl methyl sites for hydroxylation is 1. The smallest absolute Gasteiger partial charge is 0.223 e. The van der Waals surface area contributed by atoms with Crippen molar-refractivity contribution in [1.29, 1.82) is 0 Å². The van der Waals surface area contributed by atoms with Crippen molar-refractivity contribution in [3.63, 3.8) is 0 Å². The van der Waals surface area contributed by atoms with E-state index in [9.17, 15) is 4.79 Å². The standard InChI is InChI=1S/C15H24N2O2/c1-3-16-9-5-10-17-15(18)8-11-19-14-7-4-6-13(2)12-14/h4,6-7,12,16H,3,5,8-11H2,1-2H3,(H,17,18). The molecule has 0 aliphatic rings. The predicted octanol–water partition coefficient (Wildman–Crippen LogP) is 1.88. The van der Waals surface area contributed by atoms with Gasteiger partial charge in [0.2, 0.25) is 5.91 Å². The Kier molecular flexibility index (Phi) is 7.66. The van der Waals surface area contributed by atoms with E-state index in [-0.39, 0.29) is 5.91 Å². The van der Waals surface area contributed by atoms with Gasteiger partial charge in [-0.15, -0.1) is 0 Å². The zero-order valence-electron chi connectivity index (χ0n) is 11.9. The van der Waals surface area contributed by atoms with Crippen molar-refractivity contribution >= 4 is 5.91 Å². The number of benzene rings is 1. The van der Waals surface area contributed by atoms with E-state index >= 15 is 0 Å². The molecular weight excluding hydrogens is 240 g/mol. The monoisotopic (exact) mass is 264 g/mol. The number of hydrogen-bond acceptors (Lipinski definition) is 3. The Balaban J connectivity index is 2.07. The molecule has 2 N–H and O–H groups in total. The van der Waals surface area contributed by atoms with Gasteiger partial charge in [0.25, 0.3) is 0 Å². The molecule has 0 aliphatic heterocycles. The molecule has 0 fully saturated rings. The zero-order valence-corrected chi connectivity index (χ0v) is 11.9. The van der Waals surface area contributed by atoms with Crippen LogP contribution in [0.15, 0.2) is 24.3 Å². The summed E-state index contributed by atoms with van der Waals surface area (Å²) in [7, 11) is 0. The van der Waals surface area contributed by atoms with Crippen LogP contribution >= 0.6 is 0 Å². The summed E-state index contributed by atoms with van der Waals surface area (Å²) in [5, 5.41) is 6.10. The fraction of sp³-hybridized carbons (Fsp3) is 0.533. The molecule has 0 saturated carbocycles. The largest absolute Gasteiger partial charge is 0.493 e. The maximum absolute atomic E-state index is 11.5. The summed E-state index contributed by atoms with van der Waals surface area (Å²) in [5.41, 5.74) is 1.16. The number of carbonyl (C=O) groups excluding carboxylic acids is 1. The third-order valence-electron chi connectivity index (χ3n) is 2.69. The second kappa shape index (κ2) is 9.39. The quantitative estimate of drug-likeness (QED) is 0.670. The molecule has 1 rings (SSSR count). The molecule has 0 aliphatic carbocycles. The van der Waals surface area contributed by atoms with E-state index in [4.69, 9.17) is 4.74 Å². The molecule has 0 bridgehead atoms. The van der Waals surface area contributed by atoms with Gasteiger partial charge in [0.05, 0.1) is 13.0 Å². The van der Waals surface area contributed by atoms with Crippen LogP contribution in [0, 0.1) is 6.92 Å². The minimum Gasteiger partial charge on any atom is -0.493 e. The lowest BCUT2D eigenvalue weighted by Gasteiger charge is -2.08. The molecule has 1 aromatic carbocycles. The van der Waals surface area contributed by atoms with Crippen molar-refractivity contribution in [2.75, 3.05) is 26.2 Å². The van der Waals surface area contributed by atoms with E-state index in [1.54, 1.807) is 0 Å². The van der Waals surface area contributed by atoms with Gasteiger partial charge >= 0.3 is 0 Å². The van der Waals surface area contributed by atoms with Crippen LogP contribution in [0.4, 0.5) is 0 Å². The fourth-order valence-electron chi connectivity index (χ4n) is 1.67. The van der Waals surface area contributed by atoms with Gasteiger partial charge in [-0.3, -0.25) is 4.79 Å². The first-order valence-corrected chi connectivity index (χ1v) is 6.89. The van der Waals surface area contributed by atoms with E-state index < -0.39 is 0 Å². The molecule has 4 heteroatoms. The van der Waals surface area contributed by atoms with Crippen molar-refractivity contribution < 1.29 is 9.53 Å². The van der Waals surface area contributed by atoms with Crippen LogP contribution < -0.4 is 15.4 Å². The Hall–Kier alpha value is -1.55. The number of nitrogens with one attached hydrogen (secondary N) is 2. The van der Waals surface area contributed by atoms with Crippen molar-refractivity contribution in [2.45, 2.75) is 26.7 Å². The van der Waals surface area contributed by atoms with Crippen molar-refractivity contribution in [1.82, 2.24) is 10.6 Å². The maximum atomic E-state index is 11.5. The molecular formula is C15H24N2O2. The van der Waals surface area contributed by atoms with Crippen LogP contribution in [0.25, 0.3) is 0 Å². The van der Waals surface area contributed by atoms with Gasteiger partial charge in [0.15, 0.2) is 0 Å². The summed E-state index contributed by atoms with van der Waals surface area (Å²) in [6.07, 6.45) is 1.35. The Morgan fingerprint density at radius 2 is 2.16 bits per heavy atom. The lowest BCUT2D eigenvalue weighted by Crippen LogP contribution is -2.28. The number of amides is 1. The van der Waals surface area contributed by atoms with Crippen LogP contribution in [0.2, 0.25) is 0 Å². The summed E-state index contributed by atoms with van der Waals surface area (Å²) in [5.74, 6) is 0.865. The Bertz CT molecular complexity index is 380. The number of ether oxygens (including phenoxy) is 1. The molecule has 0 unspecified atom stereocenters. The van der Waals surface area contributed by atoms with Gasteiger partial charge in [-0.25, -0.2) is 0 Å². The van der Waals surface area contributed by atoms with Crippen molar-refractivity contribution in [3.8, 4) is 5.75 Å². The number of carbonyl (C=O) groups is 1. The van der Waals surface area contributed by atoms with E-state index in [1.165, 1.54) is 0 Å². The van der Waals surface area contributed by atoms with Gasteiger partial charge in [-0.1, -0.05) is 19.1 Å². The highest BCUT2D eigenvalue weighted by molar-refractivity contribution is 5.75. The molecule has 19 heavy (non-hydrogen) atoms. The molecule has 0 saturated heterocycles. The minimum absolute atomic E-state index is 0.0455. The molecule has 106 valence electrons. The Morgan fingerprint density at radius 1 is 1.32 bits per heavy atom. The second-order valence-electron chi connectivity index (χ2n) is 4.47. The van der Waals surface area contributed by atoms with Gasteiger partial charge in [-0.2, -0.15) is 0 Å². The number of hydrogen-bond donors (Lipinski definition) is 2. The van der Waals surface area contributed by atoms with Crippen LogP contribution in [0.3, 0.4) is 0 Å². The molecule has 0 spiro atoms. The second-order valence-corrected chi connectivity index (χ2v) is 4.47. The fourth-order valence-corrected chi connectivity index (χ4v) is 1.67. The van der Waals surface area contributed by atoms with E-state index in [0.29, 0.717) is 13.0 Å². The molecule has 1 aromatic rings. The van der Waals surface area contributed by atoms with Gasteiger partial charge in [0.1, 0.15) is 5.75 Å². The maximum Gasteiger partial charge on any atom is 0.223 e. The summed E-state index contributed by atoms with van der Waals surface area (Å²) in [6.45, 7) is 7.14. The Labute approximate surface area is 115 Å². The first kappa shape index (κ1) is 15.5. The summed E-state index contributed by atoms with van der Waals surface area (Å²) in [4.78, 5) is 11.5. The summed E-state index contributed by atoms with van der Waals surface area (Å²) < 4.78 is 5.53. The van der Waals surface area contributed by atoms with Crippen LogP contribution in [0.5, 0.6) is 5.75 Å². The van der Waals surface area contributed by atoms with Gasteiger partial charge < -0.3 is 15.4 Å². The minimum atomic E-state index is 0.0455. The van der Waals surface area contributed by atoms with Gasteiger partial charge in [0, 0.05) is 6.54 Å². The molecule has 4 nitrogen and oxygen atoms in total.